The van der Waals surface area contributed by atoms with Gasteiger partial charge in [-0.2, -0.15) is 0 Å². The molecule has 4 aromatic carbocycles. The highest BCUT2D eigenvalue weighted by atomic mass is 16.5. The molecule has 0 saturated carbocycles. The second kappa shape index (κ2) is 9.86. The number of oxazole rings is 1. The quantitative estimate of drug-likeness (QED) is 0.281. The first-order valence-electron chi connectivity index (χ1n) is 12.3. The van der Waals surface area contributed by atoms with Crippen LogP contribution in [0.1, 0.15) is 22.6 Å². The van der Waals surface area contributed by atoms with Crippen molar-refractivity contribution < 1.29 is 23.8 Å². The van der Waals surface area contributed by atoms with Crippen LogP contribution in [0.3, 0.4) is 0 Å². The third-order valence-electron chi connectivity index (χ3n) is 6.99. The molecule has 0 aliphatic heterocycles. The topological polar surface area (TPSA) is 102 Å². The summed E-state index contributed by atoms with van der Waals surface area (Å²) in [4.78, 5) is 28.7. The fourth-order valence-electron chi connectivity index (χ4n) is 5.09. The molecular weight excluding hydrogens is 480 g/mol. The standard InChI is InChI=1S/C31H24N2O5/c34-30(35)28(15-19-9-11-20(12-10-19)21-13-14-27-29(16-21)38-18-32-27)33-31(36)37-17-26-24-7-3-1-5-22(24)23-6-2-4-8-25(23)26/h1-14,16,18,26,28H,15,17H2,(H,33,36)(H,34,35)/t28-/m0/s1. The monoisotopic (exact) mass is 504 g/mol. The smallest absolute Gasteiger partial charge is 0.407 e. The average molecular weight is 505 g/mol. The van der Waals surface area contributed by atoms with E-state index in [-0.39, 0.29) is 18.9 Å². The van der Waals surface area contributed by atoms with Crippen molar-refractivity contribution in [3.63, 3.8) is 0 Å². The number of hydrogen-bond acceptors (Lipinski definition) is 5. The number of carbonyl (C=O) groups excluding carboxylic acids is 1. The van der Waals surface area contributed by atoms with Crippen LogP contribution in [0.15, 0.2) is 102 Å². The lowest BCUT2D eigenvalue weighted by Crippen LogP contribution is -2.42. The van der Waals surface area contributed by atoms with Gasteiger partial charge in [-0.15, -0.1) is 0 Å². The predicted octanol–water partition coefficient (Wildman–Crippen LogP) is 6.03. The maximum absolute atomic E-state index is 12.6. The summed E-state index contributed by atoms with van der Waals surface area (Å²) in [6.45, 7) is 0.121. The first-order chi connectivity index (χ1) is 18.6. The number of hydrogen-bond donors (Lipinski definition) is 2. The summed E-state index contributed by atoms with van der Waals surface area (Å²) < 4.78 is 10.9. The lowest BCUT2D eigenvalue weighted by molar-refractivity contribution is -0.139. The van der Waals surface area contributed by atoms with Crippen molar-refractivity contribution in [2.24, 2.45) is 0 Å². The summed E-state index contributed by atoms with van der Waals surface area (Å²) in [7, 11) is 0. The van der Waals surface area contributed by atoms with E-state index in [1.807, 2.05) is 78.9 Å². The molecule has 7 heteroatoms. The number of aliphatic carboxylic acids is 1. The summed E-state index contributed by atoms with van der Waals surface area (Å²) in [5, 5.41) is 12.3. The molecule has 7 nitrogen and oxygen atoms in total. The van der Waals surface area contributed by atoms with E-state index in [4.69, 9.17) is 9.15 Å². The van der Waals surface area contributed by atoms with Crippen molar-refractivity contribution in [2.45, 2.75) is 18.4 Å². The van der Waals surface area contributed by atoms with Gasteiger partial charge in [0, 0.05) is 12.3 Å². The van der Waals surface area contributed by atoms with Crippen molar-refractivity contribution in [1.82, 2.24) is 10.3 Å². The molecule has 188 valence electrons. The second-order valence-electron chi connectivity index (χ2n) is 9.30. The highest BCUT2D eigenvalue weighted by molar-refractivity contribution is 5.82. The minimum Gasteiger partial charge on any atom is -0.480 e. The van der Waals surface area contributed by atoms with Gasteiger partial charge in [0.2, 0.25) is 0 Å². The summed E-state index contributed by atoms with van der Waals surface area (Å²) >= 11 is 0. The van der Waals surface area contributed by atoms with Crippen LogP contribution in [0.25, 0.3) is 33.4 Å². The predicted molar refractivity (Wildman–Crippen MR) is 143 cm³/mol. The Morgan fingerprint density at radius 2 is 1.55 bits per heavy atom. The number of carbonyl (C=O) groups is 2. The van der Waals surface area contributed by atoms with Crippen LogP contribution in [0.4, 0.5) is 4.79 Å². The molecule has 1 heterocycles. The van der Waals surface area contributed by atoms with Crippen molar-refractivity contribution in [1.29, 1.82) is 0 Å². The molecule has 5 aromatic rings. The van der Waals surface area contributed by atoms with E-state index in [2.05, 4.69) is 22.4 Å². The zero-order valence-corrected chi connectivity index (χ0v) is 20.3. The van der Waals surface area contributed by atoms with Gasteiger partial charge in [0.1, 0.15) is 18.2 Å². The highest BCUT2D eigenvalue weighted by Gasteiger charge is 2.29. The Hall–Kier alpha value is -4.91. The largest absolute Gasteiger partial charge is 0.480 e. The molecule has 1 aliphatic rings. The second-order valence-corrected chi connectivity index (χ2v) is 9.30. The zero-order chi connectivity index (χ0) is 26.1. The number of nitrogens with zero attached hydrogens (tertiary/aromatic N) is 1. The van der Waals surface area contributed by atoms with E-state index < -0.39 is 18.1 Å². The molecule has 0 saturated heterocycles. The Bertz CT molecular complexity index is 1590. The third kappa shape index (κ3) is 4.50. The fourth-order valence-corrected chi connectivity index (χ4v) is 5.09. The highest BCUT2D eigenvalue weighted by Crippen LogP contribution is 2.44. The van der Waals surface area contributed by atoms with Gasteiger partial charge in [-0.05, 0) is 51.1 Å². The molecule has 6 rings (SSSR count). The normalized spacial score (nSPS) is 13.1. The number of rotatable bonds is 7. The summed E-state index contributed by atoms with van der Waals surface area (Å²) in [6.07, 6.45) is 0.782. The Morgan fingerprint density at radius 3 is 2.24 bits per heavy atom. The van der Waals surface area contributed by atoms with E-state index in [1.54, 1.807) is 0 Å². The molecule has 0 radical (unpaired) electrons. The molecule has 1 aliphatic carbocycles. The van der Waals surface area contributed by atoms with Crippen molar-refractivity contribution in [3.8, 4) is 22.3 Å². The zero-order valence-electron chi connectivity index (χ0n) is 20.3. The summed E-state index contributed by atoms with van der Waals surface area (Å²) in [6, 6.07) is 28.3. The van der Waals surface area contributed by atoms with E-state index >= 15 is 0 Å². The SMILES string of the molecule is O=C(N[C@@H](Cc1ccc(-c2ccc3ncoc3c2)cc1)C(=O)O)OCC1c2ccccc2-c2ccccc21. The summed E-state index contributed by atoms with van der Waals surface area (Å²) in [5.41, 5.74) is 8.64. The molecule has 0 bridgehead atoms. The van der Waals surface area contributed by atoms with Gasteiger partial charge in [0.05, 0.1) is 0 Å². The number of amides is 1. The van der Waals surface area contributed by atoms with Crippen molar-refractivity contribution >= 4 is 23.2 Å². The van der Waals surface area contributed by atoms with Crippen molar-refractivity contribution in [2.75, 3.05) is 6.61 Å². The van der Waals surface area contributed by atoms with Gasteiger partial charge >= 0.3 is 12.1 Å². The van der Waals surface area contributed by atoms with Crippen LogP contribution in [0.2, 0.25) is 0 Å². The van der Waals surface area contributed by atoms with Gasteiger partial charge in [0.15, 0.2) is 12.0 Å². The molecule has 0 fully saturated rings. The lowest BCUT2D eigenvalue weighted by atomic mass is 9.98. The number of carboxylic acid groups (broad SMARTS) is 1. The van der Waals surface area contributed by atoms with Crippen LogP contribution in [-0.4, -0.2) is 34.8 Å². The minimum atomic E-state index is -1.13. The Morgan fingerprint density at radius 1 is 0.895 bits per heavy atom. The number of aromatic nitrogens is 1. The van der Waals surface area contributed by atoms with E-state index in [9.17, 15) is 14.7 Å². The first kappa shape index (κ1) is 23.5. The van der Waals surface area contributed by atoms with Gasteiger partial charge in [-0.3, -0.25) is 0 Å². The molecular formula is C31H24N2O5. The Balaban J connectivity index is 1.10. The molecule has 1 atom stereocenters. The van der Waals surface area contributed by atoms with Crippen LogP contribution >= 0.6 is 0 Å². The summed E-state index contributed by atoms with van der Waals surface area (Å²) in [5.74, 6) is -1.22. The molecule has 1 amide bonds. The Kier molecular flexibility index (Phi) is 6.09. The van der Waals surface area contributed by atoms with Gasteiger partial charge in [-0.25, -0.2) is 14.6 Å². The molecule has 0 unspecified atom stereocenters. The van der Waals surface area contributed by atoms with Crippen LogP contribution in [0, 0.1) is 0 Å². The number of benzene rings is 4. The maximum atomic E-state index is 12.6. The Labute approximate surface area is 218 Å². The number of nitrogens with one attached hydrogen (secondary N) is 1. The number of ether oxygens (including phenoxy) is 1. The number of alkyl carbamates (subject to hydrolysis) is 1. The van der Waals surface area contributed by atoms with Gasteiger partial charge in [-0.1, -0.05) is 78.9 Å². The third-order valence-corrected chi connectivity index (χ3v) is 6.99. The minimum absolute atomic E-state index is 0.0971. The fraction of sp³-hybridized carbons (Fsp3) is 0.129. The van der Waals surface area contributed by atoms with Gasteiger partial charge < -0.3 is 19.6 Å². The van der Waals surface area contributed by atoms with Crippen LogP contribution in [0.5, 0.6) is 0 Å². The lowest BCUT2D eigenvalue weighted by Gasteiger charge is -2.17. The molecule has 2 N–H and O–H groups in total. The molecule has 1 aromatic heterocycles. The number of carboxylic acids is 1. The molecule has 0 spiro atoms. The van der Waals surface area contributed by atoms with Crippen LogP contribution < -0.4 is 5.32 Å². The number of fused-ring (bicyclic) bond motifs is 4. The first-order valence-corrected chi connectivity index (χ1v) is 12.3. The van der Waals surface area contributed by atoms with E-state index in [0.29, 0.717) is 5.58 Å². The van der Waals surface area contributed by atoms with Crippen LogP contribution in [-0.2, 0) is 16.0 Å². The maximum Gasteiger partial charge on any atom is 0.407 e. The van der Waals surface area contributed by atoms with Crippen molar-refractivity contribution in [3.05, 3.63) is 114 Å². The van der Waals surface area contributed by atoms with E-state index in [1.165, 1.54) is 6.39 Å². The van der Waals surface area contributed by atoms with Gasteiger partial charge in [0.25, 0.3) is 0 Å². The molecule has 38 heavy (non-hydrogen) atoms. The average Bonchev–Trinajstić information content (AvgIpc) is 3.54. The van der Waals surface area contributed by atoms with E-state index in [0.717, 1.165) is 44.5 Å².